The Morgan fingerprint density at radius 1 is 1.12 bits per heavy atom. The standard InChI is InChI=1S/C25H25ClN2O5S/c1-4-31-24(29)22-16(2)27-25-28(11-14-34-25)23(22)17-5-10-20(21(15-17)30-3)33-13-12-32-19-8-6-18(26)7-9-19/h5-11,14-15,23H,4,12-13H2,1-3H3/t23-/m0/s1. The molecule has 0 spiro atoms. The van der Waals surface area contributed by atoms with Gasteiger partial charge in [-0.25, -0.2) is 9.79 Å². The van der Waals surface area contributed by atoms with Gasteiger partial charge in [0.25, 0.3) is 0 Å². The molecule has 178 valence electrons. The van der Waals surface area contributed by atoms with Crippen LogP contribution in [0.5, 0.6) is 17.2 Å². The van der Waals surface area contributed by atoms with Crippen LogP contribution in [0.1, 0.15) is 25.5 Å². The summed E-state index contributed by atoms with van der Waals surface area (Å²) in [6, 6.07) is 12.4. The molecule has 0 N–H and O–H groups in total. The van der Waals surface area contributed by atoms with Gasteiger partial charge < -0.3 is 23.8 Å². The summed E-state index contributed by atoms with van der Waals surface area (Å²) in [5, 5.41) is 3.42. The summed E-state index contributed by atoms with van der Waals surface area (Å²) in [6.45, 7) is 4.60. The van der Waals surface area contributed by atoms with Crippen LogP contribution in [0, 0.1) is 0 Å². The maximum Gasteiger partial charge on any atom is 0.338 e. The Labute approximate surface area is 208 Å². The van der Waals surface area contributed by atoms with E-state index in [4.69, 9.17) is 30.5 Å². The second-order valence-corrected chi connectivity index (χ2v) is 8.70. The highest BCUT2D eigenvalue weighted by Gasteiger charge is 2.37. The smallest absolute Gasteiger partial charge is 0.338 e. The molecule has 34 heavy (non-hydrogen) atoms. The number of benzene rings is 2. The van der Waals surface area contributed by atoms with Crippen LogP contribution >= 0.6 is 23.4 Å². The molecule has 0 fully saturated rings. The van der Waals surface area contributed by atoms with E-state index in [0.717, 1.165) is 16.5 Å². The van der Waals surface area contributed by atoms with Crippen molar-refractivity contribution in [2.75, 3.05) is 26.9 Å². The molecule has 7 nitrogen and oxygen atoms in total. The number of carbonyl (C=O) groups excluding carboxylic acids is 1. The third-order valence-corrected chi connectivity index (χ3v) is 6.27. The van der Waals surface area contributed by atoms with Gasteiger partial charge in [-0.15, -0.1) is 0 Å². The first-order valence-corrected chi connectivity index (χ1v) is 12.0. The molecule has 4 rings (SSSR count). The molecule has 2 heterocycles. The molecule has 0 aromatic heterocycles. The lowest BCUT2D eigenvalue weighted by atomic mass is 9.94. The number of ether oxygens (including phenoxy) is 4. The Morgan fingerprint density at radius 2 is 1.88 bits per heavy atom. The molecule has 1 atom stereocenters. The number of fused-ring (bicyclic) bond motifs is 1. The van der Waals surface area contributed by atoms with Crippen molar-refractivity contribution < 1.29 is 23.7 Å². The first kappa shape index (κ1) is 24.0. The minimum absolute atomic E-state index is 0.289. The van der Waals surface area contributed by atoms with E-state index in [2.05, 4.69) is 4.99 Å². The number of halogens is 1. The van der Waals surface area contributed by atoms with E-state index in [1.807, 2.05) is 41.6 Å². The monoisotopic (exact) mass is 500 g/mol. The highest BCUT2D eigenvalue weighted by atomic mass is 35.5. The van der Waals surface area contributed by atoms with Gasteiger partial charge in [-0.2, -0.15) is 0 Å². The average Bonchev–Trinajstić information content (AvgIpc) is 3.30. The van der Waals surface area contributed by atoms with Crippen molar-refractivity contribution in [3.05, 3.63) is 75.9 Å². The van der Waals surface area contributed by atoms with Crippen molar-refractivity contribution in [1.29, 1.82) is 0 Å². The van der Waals surface area contributed by atoms with Gasteiger partial charge in [0, 0.05) is 11.2 Å². The maximum absolute atomic E-state index is 12.8. The van der Waals surface area contributed by atoms with Crippen LogP contribution in [-0.4, -0.2) is 43.0 Å². The summed E-state index contributed by atoms with van der Waals surface area (Å²) >= 11 is 7.41. The van der Waals surface area contributed by atoms with Crippen LogP contribution in [0.2, 0.25) is 5.02 Å². The van der Waals surface area contributed by atoms with E-state index in [0.29, 0.717) is 41.0 Å². The number of thioether (sulfide) groups is 1. The van der Waals surface area contributed by atoms with Gasteiger partial charge in [-0.3, -0.25) is 0 Å². The molecule has 0 saturated carbocycles. The van der Waals surface area contributed by atoms with Crippen molar-refractivity contribution in [1.82, 2.24) is 4.90 Å². The third kappa shape index (κ3) is 5.18. The number of carbonyl (C=O) groups is 1. The summed E-state index contributed by atoms with van der Waals surface area (Å²) in [7, 11) is 1.59. The zero-order valence-electron chi connectivity index (χ0n) is 19.1. The number of hydrogen-bond donors (Lipinski definition) is 0. The van der Waals surface area contributed by atoms with Crippen LogP contribution in [-0.2, 0) is 9.53 Å². The fraction of sp³-hybridized carbons (Fsp3) is 0.280. The second-order valence-electron chi connectivity index (χ2n) is 7.39. The van der Waals surface area contributed by atoms with Crippen molar-refractivity contribution in [3.63, 3.8) is 0 Å². The zero-order valence-corrected chi connectivity index (χ0v) is 20.7. The number of esters is 1. The fourth-order valence-electron chi connectivity index (χ4n) is 3.71. The molecule has 2 aliphatic heterocycles. The molecule has 2 aliphatic rings. The Hall–Kier alpha value is -3.10. The van der Waals surface area contributed by atoms with Crippen molar-refractivity contribution in [2.45, 2.75) is 19.9 Å². The molecule has 0 aliphatic carbocycles. The van der Waals surface area contributed by atoms with Gasteiger partial charge in [0.05, 0.1) is 31.0 Å². The number of aliphatic imine (C=N–C) groups is 1. The fourth-order valence-corrected chi connectivity index (χ4v) is 4.63. The summed E-state index contributed by atoms with van der Waals surface area (Å²) in [4.78, 5) is 19.4. The summed E-state index contributed by atoms with van der Waals surface area (Å²) < 4.78 is 22.5. The highest BCUT2D eigenvalue weighted by Crippen LogP contribution is 2.43. The van der Waals surface area contributed by atoms with Crippen LogP contribution in [0.4, 0.5) is 0 Å². The van der Waals surface area contributed by atoms with Crippen molar-refractivity contribution in [3.8, 4) is 17.2 Å². The average molecular weight is 501 g/mol. The Kier molecular flexibility index (Phi) is 7.70. The van der Waals surface area contributed by atoms with E-state index in [1.54, 1.807) is 38.3 Å². The first-order valence-electron chi connectivity index (χ1n) is 10.8. The minimum atomic E-state index is -0.381. The zero-order chi connectivity index (χ0) is 24.1. The van der Waals surface area contributed by atoms with E-state index >= 15 is 0 Å². The molecular formula is C25H25ClN2O5S. The third-order valence-electron chi connectivity index (χ3n) is 5.24. The molecule has 2 aromatic carbocycles. The Balaban J connectivity index is 1.52. The van der Waals surface area contributed by atoms with Gasteiger partial charge in [0.15, 0.2) is 16.7 Å². The first-order chi connectivity index (χ1) is 16.5. The quantitative estimate of drug-likeness (QED) is 0.329. The minimum Gasteiger partial charge on any atom is -0.493 e. The molecule has 9 heteroatoms. The molecular weight excluding hydrogens is 476 g/mol. The summed E-state index contributed by atoms with van der Waals surface area (Å²) in [5.74, 6) is 1.48. The predicted octanol–water partition coefficient (Wildman–Crippen LogP) is 5.57. The van der Waals surface area contributed by atoms with E-state index in [9.17, 15) is 4.79 Å². The SMILES string of the molecule is CCOC(=O)C1=C(C)N=C2SC=CN2[C@H]1c1ccc(OCCOc2ccc(Cl)cc2)c(OC)c1. The lowest BCUT2D eigenvalue weighted by Gasteiger charge is -2.33. The largest absolute Gasteiger partial charge is 0.493 e. The van der Waals surface area contributed by atoms with Gasteiger partial charge in [0.2, 0.25) is 0 Å². The van der Waals surface area contributed by atoms with Gasteiger partial charge in [-0.05, 0) is 61.2 Å². The molecule has 0 saturated heterocycles. The lowest BCUT2D eigenvalue weighted by molar-refractivity contribution is -0.139. The Morgan fingerprint density at radius 3 is 2.62 bits per heavy atom. The van der Waals surface area contributed by atoms with E-state index in [-0.39, 0.29) is 18.6 Å². The molecule has 0 unspecified atom stereocenters. The summed E-state index contributed by atoms with van der Waals surface area (Å²) in [6.07, 6.45) is 1.92. The summed E-state index contributed by atoms with van der Waals surface area (Å²) in [5.41, 5.74) is 2.01. The number of rotatable bonds is 9. The van der Waals surface area contributed by atoms with Gasteiger partial charge in [0.1, 0.15) is 19.0 Å². The lowest BCUT2D eigenvalue weighted by Crippen LogP contribution is -2.34. The van der Waals surface area contributed by atoms with Crippen LogP contribution in [0.25, 0.3) is 0 Å². The molecule has 0 radical (unpaired) electrons. The van der Waals surface area contributed by atoms with E-state index < -0.39 is 0 Å². The number of methoxy groups -OCH3 is 1. The van der Waals surface area contributed by atoms with Gasteiger partial charge in [-0.1, -0.05) is 29.4 Å². The topological polar surface area (TPSA) is 69.6 Å². The maximum atomic E-state index is 12.8. The van der Waals surface area contributed by atoms with Crippen molar-refractivity contribution >= 4 is 34.5 Å². The van der Waals surface area contributed by atoms with Crippen LogP contribution in [0.15, 0.2) is 70.3 Å². The van der Waals surface area contributed by atoms with Gasteiger partial charge >= 0.3 is 5.97 Å². The number of allylic oxidation sites excluding steroid dienone is 1. The molecule has 2 aromatic rings. The van der Waals surface area contributed by atoms with Crippen LogP contribution < -0.4 is 14.2 Å². The number of amidine groups is 1. The molecule has 0 bridgehead atoms. The Bertz CT molecular complexity index is 1150. The van der Waals surface area contributed by atoms with E-state index in [1.165, 1.54) is 11.8 Å². The highest BCUT2D eigenvalue weighted by molar-refractivity contribution is 8.16. The van der Waals surface area contributed by atoms with Crippen molar-refractivity contribution in [2.24, 2.45) is 4.99 Å². The normalized spacial score (nSPS) is 16.8. The number of nitrogens with zero attached hydrogens (tertiary/aromatic N) is 2. The second kappa shape index (κ2) is 10.9. The molecule has 0 amide bonds. The van der Waals surface area contributed by atoms with Crippen LogP contribution in [0.3, 0.4) is 0 Å². The number of hydrogen-bond acceptors (Lipinski definition) is 8. The predicted molar refractivity (Wildman–Crippen MR) is 134 cm³/mol.